The van der Waals surface area contributed by atoms with Crippen LogP contribution in [0.1, 0.15) is 22.8 Å². The molecule has 0 radical (unpaired) electrons. The number of nitrogens with one attached hydrogen (secondary N) is 3. The Balaban J connectivity index is 1.51. The van der Waals surface area contributed by atoms with E-state index in [1.165, 1.54) is 17.8 Å². The van der Waals surface area contributed by atoms with Crippen LogP contribution in [0.5, 0.6) is 0 Å². The lowest BCUT2D eigenvalue weighted by Gasteiger charge is -2.14. The predicted octanol–water partition coefficient (Wildman–Crippen LogP) is 6.92. The van der Waals surface area contributed by atoms with Crippen LogP contribution in [0.15, 0.2) is 108 Å². The quantitative estimate of drug-likeness (QED) is 0.145. The molecule has 1 aromatic heterocycles. The number of hydrogen-bond acceptors (Lipinski definition) is 5. The van der Waals surface area contributed by atoms with Crippen LogP contribution in [-0.4, -0.2) is 28.0 Å². The molecule has 0 aliphatic heterocycles. The molecular formula is C30H24Cl2N4O3S. The number of thioether (sulfide) groups is 1. The lowest BCUT2D eigenvalue weighted by Crippen LogP contribution is -2.30. The summed E-state index contributed by atoms with van der Waals surface area (Å²) in [6.45, 7) is 1.78. The van der Waals surface area contributed by atoms with Crippen molar-refractivity contribution in [2.75, 3.05) is 10.6 Å². The number of carbonyl (C=O) groups is 3. The smallest absolute Gasteiger partial charge is 0.272 e. The van der Waals surface area contributed by atoms with Crippen molar-refractivity contribution in [1.29, 1.82) is 0 Å². The monoisotopic (exact) mass is 590 g/mol. The number of carbonyl (C=O) groups excluding carboxylic acids is 3. The first-order chi connectivity index (χ1) is 19.3. The first-order valence-corrected chi connectivity index (χ1v) is 13.8. The van der Waals surface area contributed by atoms with Gasteiger partial charge in [0.2, 0.25) is 5.91 Å². The van der Waals surface area contributed by atoms with Gasteiger partial charge in [-0.15, -0.1) is 11.8 Å². The van der Waals surface area contributed by atoms with E-state index in [2.05, 4.69) is 20.9 Å². The van der Waals surface area contributed by atoms with Gasteiger partial charge in [0.15, 0.2) is 0 Å². The van der Waals surface area contributed by atoms with Gasteiger partial charge in [-0.3, -0.25) is 14.4 Å². The second-order valence-corrected chi connectivity index (χ2v) is 10.7. The third-order valence-electron chi connectivity index (χ3n) is 5.50. The number of amides is 3. The van der Waals surface area contributed by atoms with E-state index in [0.29, 0.717) is 27.7 Å². The number of benzene rings is 3. The van der Waals surface area contributed by atoms with Crippen LogP contribution in [0.4, 0.5) is 11.5 Å². The highest BCUT2D eigenvalue weighted by molar-refractivity contribution is 8.00. The maximum absolute atomic E-state index is 13.4. The first-order valence-electron chi connectivity index (χ1n) is 12.1. The Morgan fingerprint density at radius 2 is 1.62 bits per heavy atom. The molecule has 4 aromatic rings. The Bertz CT molecular complexity index is 1550. The van der Waals surface area contributed by atoms with E-state index in [-0.39, 0.29) is 16.6 Å². The van der Waals surface area contributed by atoms with Gasteiger partial charge in [0.1, 0.15) is 11.5 Å². The molecule has 3 aromatic carbocycles. The van der Waals surface area contributed by atoms with E-state index in [9.17, 15) is 14.4 Å². The molecule has 1 unspecified atom stereocenters. The number of rotatable bonds is 9. The molecule has 7 nitrogen and oxygen atoms in total. The number of hydrogen-bond donors (Lipinski definition) is 3. The molecule has 202 valence electrons. The second-order valence-electron chi connectivity index (χ2n) is 8.47. The predicted molar refractivity (Wildman–Crippen MR) is 162 cm³/mol. The fourth-order valence-corrected chi connectivity index (χ4v) is 4.79. The zero-order valence-electron chi connectivity index (χ0n) is 21.2. The molecule has 0 bridgehead atoms. The van der Waals surface area contributed by atoms with Crippen LogP contribution in [0.2, 0.25) is 10.0 Å². The summed E-state index contributed by atoms with van der Waals surface area (Å²) < 4.78 is 0. The largest absolute Gasteiger partial charge is 0.321 e. The highest BCUT2D eigenvalue weighted by Crippen LogP contribution is 2.28. The third kappa shape index (κ3) is 7.95. The van der Waals surface area contributed by atoms with Crippen LogP contribution in [0, 0.1) is 0 Å². The summed E-state index contributed by atoms with van der Waals surface area (Å²) in [7, 11) is 0. The van der Waals surface area contributed by atoms with Crippen molar-refractivity contribution in [3.63, 3.8) is 0 Å². The van der Waals surface area contributed by atoms with E-state index < -0.39 is 17.1 Å². The molecule has 1 atom stereocenters. The Hall–Kier alpha value is -4.11. The molecule has 0 saturated carbocycles. The summed E-state index contributed by atoms with van der Waals surface area (Å²) in [5.74, 6) is -0.761. The highest BCUT2D eigenvalue weighted by Gasteiger charge is 2.18. The Morgan fingerprint density at radius 1 is 0.875 bits per heavy atom. The fourth-order valence-electron chi connectivity index (χ4n) is 3.50. The van der Waals surface area contributed by atoms with Gasteiger partial charge in [0.25, 0.3) is 11.8 Å². The van der Waals surface area contributed by atoms with Gasteiger partial charge in [-0.05, 0) is 67.1 Å². The molecular weight excluding hydrogens is 567 g/mol. The molecule has 1 heterocycles. The maximum Gasteiger partial charge on any atom is 0.272 e. The summed E-state index contributed by atoms with van der Waals surface area (Å²) in [5, 5.41) is 8.40. The van der Waals surface area contributed by atoms with Crippen LogP contribution >= 0.6 is 35.0 Å². The number of pyridine rings is 1. The SMILES string of the molecule is CC(Sc1cccc(NC(=O)/C(=C\c2cccc(Cl)c2Cl)NC(=O)c2ccccc2)c1)C(=O)Nc1ccccn1. The molecule has 4 rings (SSSR count). The van der Waals surface area contributed by atoms with Gasteiger partial charge in [-0.25, -0.2) is 4.98 Å². The van der Waals surface area contributed by atoms with Crippen LogP contribution in [0.25, 0.3) is 6.08 Å². The maximum atomic E-state index is 13.4. The highest BCUT2D eigenvalue weighted by atomic mass is 35.5. The van der Waals surface area contributed by atoms with E-state index in [0.717, 1.165) is 4.90 Å². The Kier molecular flexibility index (Phi) is 9.96. The summed E-state index contributed by atoms with van der Waals surface area (Å²) >= 11 is 13.8. The molecule has 0 spiro atoms. The van der Waals surface area contributed by atoms with Crippen molar-refractivity contribution in [2.45, 2.75) is 17.1 Å². The van der Waals surface area contributed by atoms with Crippen molar-refractivity contribution >= 4 is 70.3 Å². The fraction of sp³-hybridized carbons (Fsp3) is 0.0667. The molecule has 0 aliphatic carbocycles. The van der Waals surface area contributed by atoms with Gasteiger partial charge >= 0.3 is 0 Å². The van der Waals surface area contributed by atoms with Gasteiger partial charge in [0, 0.05) is 22.3 Å². The zero-order chi connectivity index (χ0) is 28.5. The van der Waals surface area contributed by atoms with E-state index in [1.54, 1.807) is 98.0 Å². The molecule has 3 amide bonds. The lowest BCUT2D eigenvalue weighted by molar-refractivity contribution is -0.115. The van der Waals surface area contributed by atoms with Crippen molar-refractivity contribution in [3.8, 4) is 0 Å². The molecule has 40 heavy (non-hydrogen) atoms. The van der Waals surface area contributed by atoms with Crippen LogP contribution in [0.3, 0.4) is 0 Å². The first kappa shape index (κ1) is 28.9. The molecule has 0 aliphatic rings. The van der Waals surface area contributed by atoms with Gasteiger partial charge in [-0.2, -0.15) is 0 Å². The number of aromatic nitrogens is 1. The van der Waals surface area contributed by atoms with Crippen molar-refractivity contribution in [2.24, 2.45) is 0 Å². The van der Waals surface area contributed by atoms with Gasteiger partial charge in [0.05, 0.1) is 15.3 Å². The minimum absolute atomic E-state index is 0.0285. The van der Waals surface area contributed by atoms with E-state index >= 15 is 0 Å². The topological polar surface area (TPSA) is 100 Å². The van der Waals surface area contributed by atoms with Gasteiger partial charge in [-0.1, -0.05) is 65.7 Å². The zero-order valence-corrected chi connectivity index (χ0v) is 23.6. The van der Waals surface area contributed by atoms with Gasteiger partial charge < -0.3 is 16.0 Å². The van der Waals surface area contributed by atoms with Crippen molar-refractivity contribution < 1.29 is 14.4 Å². The summed E-state index contributed by atoms with van der Waals surface area (Å²) in [5.41, 5.74) is 1.29. The normalized spacial score (nSPS) is 11.8. The minimum Gasteiger partial charge on any atom is -0.321 e. The van der Waals surface area contributed by atoms with Crippen molar-refractivity contribution in [1.82, 2.24) is 10.3 Å². The number of halogens is 2. The van der Waals surface area contributed by atoms with Crippen molar-refractivity contribution in [3.05, 3.63) is 124 Å². The van der Waals surface area contributed by atoms with E-state index in [4.69, 9.17) is 23.2 Å². The summed E-state index contributed by atoms with van der Waals surface area (Å²) in [4.78, 5) is 43.7. The third-order valence-corrected chi connectivity index (χ3v) is 7.43. The Labute approximate surface area is 246 Å². The molecule has 0 fully saturated rings. The molecule has 0 saturated heterocycles. The number of nitrogens with zero attached hydrogens (tertiary/aromatic N) is 1. The second kappa shape index (κ2) is 13.8. The standard InChI is InChI=1S/C30H24Cl2N4O3S/c1-19(28(37)36-26-15-5-6-16-33-26)40-23-13-8-12-22(18-23)34-30(39)25(17-21-11-7-14-24(31)27(21)32)35-29(38)20-9-3-2-4-10-20/h2-19H,1H3,(H,34,39)(H,35,38)(H,33,36,37)/b25-17+. The average molecular weight is 592 g/mol. The van der Waals surface area contributed by atoms with Crippen LogP contribution < -0.4 is 16.0 Å². The average Bonchev–Trinajstić information content (AvgIpc) is 2.96. The lowest BCUT2D eigenvalue weighted by atomic mass is 10.1. The summed E-state index contributed by atoms with van der Waals surface area (Å²) in [6, 6.07) is 25.9. The van der Waals surface area contributed by atoms with Crippen LogP contribution in [-0.2, 0) is 9.59 Å². The number of anilines is 2. The van der Waals surface area contributed by atoms with E-state index in [1.807, 2.05) is 6.07 Å². The molecule has 3 N–H and O–H groups in total. The summed E-state index contributed by atoms with van der Waals surface area (Å²) in [6.07, 6.45) is 3.07. The molecule has 10 heteroatoms. The minimum atomic E-state index is -0.566. The Morgan fingerprint density at radius 3 is 2.38 bits per heavy atom.